The topological polar surface area (TPSA) is 97.0 Å². The van der Waals surface area contributed by atoms with Gasteiger partial charge in [-0.2, -0.15) is 0 Å². The summed E-state index contributed by atoms with van der Waals surface area (Å²) >= 11 is 0. The summed E-state index contributed by atoms with van der Waals surface area (Å²) in [7, 11) is 0. The molecule has 1 heterocycles. The van der Waals surface area contributed by atoms with Crippen LogP contribution in [0.15, 0.2) is 27.4 Å². The molecule has 2 rings (SSSR count). The Labute approximate surface area is 101 Å². The van der Waals surface area contributed by atoms with Crippen LogP contribution in [0, 0.1) is 0 Å². The van der Waals surface area contributed by atoms with Gasteiger partial charge in [0.15, 0.2) is 11.3 Å². The fraction of sp³-hybridized carbons (Fsp3) is 0.167. The molecule has 0 aliphatic rings. The SMILES string of the molecule is CCOC(=O)c1cc2ccc(O)c(O)c2oc1=O. The molecular formula is C12H10O6. The van der Waals surface area contributed by atoms with Crippen molar-refractivity contribution in [3.8, 4) is 11.5 Å². The van der Waals surface area contributed by atoms with Gasteiger partial charge < -0.3 is 19.4 Å². The van der Waals surface area contributed by atoms with Crippen molar-refractivity contribution in [3.63, 3.8) is 0 Å². The Bertz CT molecular complexity index is 670. The molecule has 94 valence electrons. The van der Waals surface area contributed by atoms with Crippen molar-refractivity contribution in [3.05, 3.63) is 34.2 Å². The first-order valence-electron chi connectivity index (χ1n) is 5.20. The predicted octanol–water partition coefficient (Wildman–Crippen LogP) is 1.38. The quantitative estimate of drug-likeness (QED) is 0.474. The van der Waals surface area contributed by atoms with Crippen LogP contribution in [0.2, 0.25) is 0 Å². The standard InChI is InChI=1S/C12H10O6/c1-2-17-11(15)7-5-6-3-4-8(13)9(14)10(6)18-12(7)16/h3-5,13-14H,2H2,1H3. The van der Waals surface area contributed by atoms with Crippen LogP contribution in [0.3, 0.4) is 0 Å². The average molecular weight is 250 g/mol. The maximum Gasteiger partial charge on any atom is 0.351 e. The molecule has 2 N–H and O–H groups in total. The van der Waals surface area contributed by atoms with E-state index in [0.29, 0.717) is 5.39 Å². The number of hydrogen-bond acceptors (Lipinski definition) is 6. The van der Waals surface area contributed by atoms with Gasteiger partial charge in [0.05, 0.1) is 6.61 Å². The van der Waals surface area contributed by atoms with Crippen LogP contribution in [0.4, 0.5) is 0 Å². The van der Waals surface area contributed by atoms with E-state index in [1.807, 2.05) is 0 Å². The van der Waals surface area contributed by atoms with Crippen LogP contribution in [-0.2, 0) is 4.74 Å². The fourth-order valence-electron chi connectivity index (χ4n) is 1.51. The zero-order valence-electron chi connectivity index (χ0n) is 9.47. The Morgan fingerprint density at radius 2 is 2.11 bits per heavy atom. The fourth-order valence-corrected chi connectivity index (χ4v) is 1.51. The molecule has 2 aromatic rings. The number of fused-ring (bicyclic) bond motifs is 1. The van der Waals surface area contributed by atoms with Gasteiger partial charge in [-0.25, -0.2) is 9.59 Å². The third-order valence-corrected chi connectivity index (χ3v) is 2.35. The van der Waals surface area contributed by atoms with E-state index in [4.69, 9.17) is 9.15 Å². The number of phenolic OH excluding ortho intramolecular Hbond substituents is 2. The van der Waals surface area contributed by atoms with Gasteiger partial charge in [0, 0.05) is 5.39 Å². The minimum Gasteiger partial charge on any atom is -0.504 e. The van der Waals surface area contributed by atoms with Crippen LogP contribution in [0.5, 0.6) is 11.5 Å². The van der Waals surface area contributed by atoms with Crippen LogP contribution in [-0.4, -0.2) is 22.8 Å². The Hall–Kier alpha value is -2.50. The molecule has 0 spiro atoms. The first kappa shape index (κ1) is 12.0. The van der Waals surface area contributed by atoms with Gasteiger partial charge in [-0.05, 0) is 25.1 Å². The maximum atomic E-state index is 11.6. The molecule has 0 fully saturated rings. The van der Waals surface area contributed by atoms with Gasteiger partial charge in [-0.3, -0.25) is 0 Å². The number of esters is 1. The molecule has 0 saturated heterocycles. The molecule has 6 nitrogen and oxygen atoms in total. The lowest BCUT2D eigenvalue weighted by Gasteiger charge is -2.04. The maximum absolute atomic E-state index is 11.6. The molecule has 1 aromatic heterocycles. The highest BCUT2D eigenvalue weighted by atomic mass is 16.5. The molecule has 0 radical (unpaired) electrons. The zero-order chi connectivity index (χ0) is 13.3. The molecule has 0 aliphatic carbocycles. The van der Waals surface area contributed by atoms with Crippen LogP contribution >= 0.6 is 0 Å². The van der Waals surface area contributed by atoms with Gasteiger partial charge in [0.25, 0.3) is 0 Å². The van der Waals surface area contributed by atoms with Gasteiger partial charge in [0.2, 0.25) is 5.75 Å². The van der Waals surface area contributed by atoms with E-state index in [0.717, 1.165) is 0 Å². The highest BCUT2D eigenvalue weighted by Gasteiger charge is 2.17. The van der Waals surface area contributed by atoms with Gasteiger partial charge in [0.1, 0.15) is 5.56 Å². The number of hydrogen-bond donors (Lipinski definition) is 2. The summed E-state index contributed by atoms with van der Waals surface area (Å²) in [6.07, 6.45) is 0. The number of benzene rings is 1. The molecule has 0 saturated carbocycles. The normalized spacial score (nSPS) is 10.5. The molecule has 0 bridgehead atoms. The smallest absolute Gasteiger partial charge is 0.351 e. The Balaban J connectivity index is 2.67. The molecule has 0 aliphatic heterocycles. The van der Waals surface area contributed by atoms with Crippen molar-refractivity contribution in [1.29, 1.82) is 0 Å². The minimum absolute atomic E-state index is 0.136. The number of aromatic hydroxyl groups is 2. The monoisotopic (exact) mass is 250 g/mol. The number of carbonyl (C=O) groups excluding carboxylic acids is 1. The van der Waals surface area contributed by atoms with Crippen LogP contribution in [0.25, 0.3) is 11.0 Å². The van der Waals surface area contributed by atoms with E-state index >= 15 is 0 Å². The van der Waals surface area contributed by atoms with E-state index in [-0.39, 0.29) is 17.8 Å². The summed E-state index contributed by atoms with van der Waals surface area (Å²) in [6.45, 7) is 1.75. The molecule has 1 aromatic carbocycles. The second kappa shape index (κ2) is 4.40. The number of ether oxygens (including phenoxy) is 1. The molecule has 18 heavy (non-hydrogen) atoms. The van der Waals surface area contributed by atoms with Crippen molar-refractivity contribution in [2.75, 3.05) is 6.61 Å². The van der Waals surface area contributed by atoms with E-state index in [1.54, 1.807) is 6.92 Å². The summed E-state index contributed by atoms with van der Waals surface area (Å²) in [5.41, 5.74) is -1.36. The molecule has 0 atom stereocenters. The van der Waals surface area contributed by atoms with Gasteiger partial charge in [-0.15, -0.1) is 0 Å². The van der Waals surface area contributed by atoms with E-state index < -0.39 is 23.1 Å². The number of carbonyl (C=O) groups is 1. The van der Waals surface area contributed by atoms with Crippen LogP contribution in [0.1, 0.15) is 17.3 Å². The number of phenols is 2. The van der Waals surface area contributed by atoms with Crippen molar-refractivity contribution in [2.24, 2.45) is 0 Å². The molecule has 6 heteroatoms. The summed E-state index contributed by atoms with van der Waals surface area (Å²) < 4.78 is 9.51. The Morgan fingerprint density at radius 1 is 1.39 bits per heavy atom. The highest BCUT2D eigenvalue weighted by molar-refractivity contribution is 5.94. The molecular weight excluding hydrogens is 240 g/mol. The van der Waals surface area contributed by atoms with Crippen molar-refractivity contribution < 1.29 is 24.2 Å². The third-order valence-electron chi connectivity index (χ3n) is 2.35. The van der Waals surface area contributed by atoms with E-state index in [9.17, 15) is 19.8 Å². The Kier molecular flexibility index (Phi) is 2.93. The largest absolute Gasteiger partial charge is 0.504 e. The molecule has 0 amide bonds. The first-order valence-corrected chi connectivity index (χ1v) is 5.20. The van der Waals surface area contributed by atoms with Crippen LogP contribution < -0.4 is 5.63 Å². The second-order valence-corrected chi connectivity index (χ2v) is 3.52. The summed E-state index contributed by atoms with van der Waals surface area (Å²) in [5.74, 6) is -1.74. The lowest BCUT2D eigenvalue weighted by Crippen LogP contribution is -2.16. The lowest BCUT2D eigenvalue weighted by molar-refractivity contribution is 0.0521. The van der Waals surface area contributed by atoms with E-state index in [1.165, 1.54) is 18.2 Å². The van der Waals surface area contributed by atoms with Crippen molar-refractivity contribution in [1.82, 2.24) is 0 Å². The van der Waals surface area contributed by atoms with Crippen molar-refractivity contribution in [2.45, 2.75) is 6.92 Å². The van der Waals surface area contributed by atoms with E-state index in [2.05, 4.69) is 0 Å². The lowest BCUT2D eigenvalue weighted by atomic mass is 10.1. The van der Waals surface area contributed by atoms with Gasteiger partial charge in [-0.1, -0.05) is 0 Å². The first-order chi connectivity index (χ1) is 8.54. The zero-order valence-corrected chi connectivity index (χ0v) is 9.47. The summed E-state index contributed by atoms with van der Waals surface area (Å²) in [6, 6.07) is 3.89. The highest BCUT2D eigenvalue weighted by Crippen LogP contribution is 2.32. The number of rotatable bonds is 2. The predicted molar refractivity (Wildman–Crippen MR) is 61.8 cm³/mol. The Morgan fingerprint density at radius 3 is 2.78 bits per heavy atom. The average Bonchev–Trinajstić information content (AvgIpc) is 2.34. The summed E-state index contributed by atoms with van der Waals surface area (Å²) in [4.78, 5) is 23.0. The van der Waals surface area contributed by atoms with Crippen molar-refractivity contribution >= 4 is 16.9 Å². The minimum atomic E-state index is -0.929. The third kappa shape index (κ3) is 1.88. The second-order valence-electron chi connectivity index (χ2n) is 3.52. The summed E-state index contributed by atoms with van der Waals surface area (Å²) in [5, 5.41) is 19.1. The molecule has 0 unspecified atom stereocenters. The van der Waals surface area contributed by atoms with Gasteiger partial charge >= 0.3 is 11.6 Å².